The highest BCUT2D eigenvalue weighted by atomic mass is 35.5. The Morgan fingerprint density at radius 2 is 1.83 bits per heavy atom. The van der Waals surface area contributed by atoms with E-state index in [4.69, 9.17) is 11.6 Å². The van der Waals surface area contributed by atoms with Crippen molar-refractivity contribution in [3.63, 3.8) is 0 Å². The van der Waals surface area contributed by atoms with E-state index >= 15 is 0 Å². The van der Waals surface area contributed by atoms with E-state index in [-0.39, 0.29) is 26.1 Å². The molecule has 2 fully saturated rings. The Bertz CT molecular complexity index is 1560. The van der Waals surface area contributed by atoms with Crippen molar-refractivity contribution in [3.8, 4) is 0 Å². The minimum absolute atomic E-state index is 0.220. The Morgan fingerprint density at radius 3 is 2.52 bits per heavy atom. The van der Waals surface area contributed by atoms with Gasteiger partial charge < -0.3 is 9.80 Å². The second-order valence-corrected chi connectivity index (χ2v) is 14.9. The normalized spacial score (nSPS) is 20.5. The lowest BCUT2D eigenvalue weighted by molar-refractivity contribution is -0.143. The fraction of sp³-hybridized carbons (Fsp3) is 0.440. The molecule has 0 spiro atoms. The van der Waals surface area contributed by atoms with Crippen LogP contribution in [0.2, 0.25) is 4.34 Å². The Labute approximate surface area is 250 Å². The summed E-state index contributed by atoms with van der Waals surface area (Å²) >= 11 is 7.04. The summed E-state index contributed by atoms with van der Waals surface area (Å²) in [5.74, 6) is -0.992. The molecule has 1 aromatic heterocycles. The molecule has 2 atom stereocenters. The Morgan fingerprint density at radius 1 is 1.10 bits per heavy atom. The highest BCUT2D eigenvalue weighted by Gasteiger charge is 2.36. The van der Waals surface area contributed by atoms with Gasteiger partial charge in [0, 0.05) is 36.0 Å². The number of carbonyl (C=O) groups is 2. The standard InChI is InChI=1S/C25H28ClF3N4O6S3/c26-22-9-8-19(40-22)10-13-41(36,37)31-21-7-3-11-32(24(21)35)16-23(34)33-12-2-5-18(33)15-30-42(38,39)20-6-1-4-17(14-20)25(27,28)29/h1,4,6,8-10,13-14,18,21,30-31H,2-3,5,7,11-12,15-16H2/t18-,21+/m1/s1. The molecule has 0 radical (unpaired) electrons. The maximum atomic E-state index is 13.1. The molecule has 2 aromatic rings. The third-order valence-electron chi connectivity index (χ3n) is 6.85. The van der Waals surface area contributed by atoms with Crippen molar-refractivity contribution in [2.45, 2.75) is 48.8 Å². The van der Waals surface area contributed by atoms with Crippen LogP contribution in [0.1, 0.15) is 36.1 Å². The molecule has 1 aromatic carbocycles. The first kappa shape index (κ1) is 32.4. The number of carbonyl (C=O) groups excluding carboxylic acids is 2. The lowest BCUT2D eigenvalue weighted by Crippen LogP contribution is -2.55. The van der Waals surface area contributed by atoms with Crippen LogP contribution in [0.25, 0.3) is 6.08 Å². The van der Waals surface area contributed by atoms with Crippen LogP contribution in [0.5, 0.6) is 0 Å². The average Bonchev–Trinajstić information content (AvgIpc) is 3.57. The van der Waals surface area contributed by atoms with E-state index in [9.17, 15) is 39.6 Å². The molecule has 17 heteroatoms. The Kier molecular flexibility index (Phi) is 10.0. The fourth-order valence-electron chi connectivity index (χ4n) is 4.78. The molecule has 10 nitrogen and oxygen atoms in total. The SMILES string of the molecule is O=C1[C@@H](NS(=O)(=O)C=Cc2ccc(Cl)s2)CCCN1CC(=O)N1CCC[C@@H]1CNS(=O)(=O)c1cccc(C(F)(F)F)c1. The second kappa shape index (κ2) is 13.0. The predicted molar refractivity (Wildman–Crippen MR) is 151 cm³/mol. The molecule has 230 valence electrons. The predicted octanol–water partition coefficient (Wildman–Crippen LogP) is 3.27. The van der Waals surface area contributed by atoms with Gasteiger partial charge in [0.15, 0.2) is 0 Å². The highest BCUT2D eigenvalue weighted by molar-refractivity contribution is 7.92. The molecule has 0 saturated carbocycles. The van der Waals surface area contributed by atoms with Gasteiger partial charge in [-0.3, -0.25) is 9.59 Å². The van der Waals surface area contributed by atoms with Gasteiger partial charge in [0.1, 0.15) is 6.04 Å². The number of amides is 2. The lowest BCUT2D eigenvalue weighted by Gasteiger charge is -2.34. The summed E-state index contributed by atoms with van der Waals surface area (Å²) in [6, 6.07) is 5.02. The van der Waals surface area contributed by atoms with E-state index in [1.165, 1.54) is 27.2 Å². The van der Waals surface area contributed by atoms with Gasteiger partial charge in [-0.1, -0.05) is 17.7 Å². The monoisotopic (exact) mass is 668 g/mol. The average molecular weight is 669 g/mol. The van der Waals surface area contributed by atoms with E-state index in [1.54, 1.807) is 12.1 Å². The van der Waals surface area contributed by atoms with E-state index in [2.05, 4.69) is 9.44 Å². The number of likely N-dealkylation sites (tertiary alicyclic amines) is 2. The maximum absolute atomic E-state index is 13.1. The Balaban J connectivity index is 1.34. The van der Waals surface area contributed by atoms with Crippen molar-refractivity contribution >= 4 is 60.9 Å². The van der Waals surface area contributed by atoms with Gasteiger partial charge >= 0.3 is 6.18 Å². The third kappa shape index (κ3) is 8.32. The number of benzene rings is 1. The molecule has 0 aliphatic carbocycles. The summed E-state index contributed by atoms with van der Waals surface area (Å²) in [5, 5.41) is 0.946. The van der Waals surface area contributed by atoms with Gasteiger partial charge in [-0.05, 0) is 62.1 Å². The van der Waals surface area contributed by atoms with Crippen molar-refractivity contribution in [2.75, 3.05) is 26.2 Å². The largest absolute Gasteiger partial charge is 0.416 e. The van der Waals surface area contributed by atoms with Crippen molar-refractivity contribution < 1.29 is 39.6 Å². The molecule has 2 aliphatic rings. The van der Waals surface area contributed by atoms with Crippen LogP contribution in [0.4, 0.5) is 13.2 Å². The minimum Gasteiger partial charge on any atom is -0.337 e. The molecule has 42 heavy (non-hydrogen) atoms. The third-order valence-corrected chi connectivity index (χ3v) is 10.6. The summed E-state index contributed by atoms with van der Waals surface area (Å²) in [6.07, 6.45) is -1.61. The van der Waals surface area contributed by atoms with Crippen molar-refractivity contribution in [3.05, 3.63) is 56.6 Å². The second-order valence-electron chi connectivity index (χ2n) is 9.82. The molecule has 2 N–H and O–H groups in total. The van der Waals surface area contributed by atoms with Crippen LogP contribution in [0.3, 0.4) is 0 Å². The summed E-state index contributed by atoms with van der Waals surface area (Å²) in [5.41, 5.74) is -1.10. The van der Waals surface area contributed by atoms with Crippen molar-refractivity contribution in [1.82, 2.24) is 19.2 Å². The van der Waals surface area contributed by atoms with Crippen LogP contribution >= 0.6 is 22.9 Å². The molecule has 3 heterocycles. The number of nitrogens with one attached hydrogen (secondary N) is 2. The number of thiophene rings is 1. The number of sulfonamides is 2. The minimum atomic E-state index is -4.71. The quantitative estimate of drug-likeness (QED) is 0.400. The van der Waals surface area contributed by atoms with E-state index in [0.29, 0.717) is 41.1 Å². The first-order chi connectivity index (χ1) is 19.6. The van der Waals surface area contributed by atoms with Gasteiger partial charge in [-0.25, -0.2) is 21.6 Å². The number of hydrogen-bond donors (Lipinski definition) is 2. The van der Waals surface area contributed by atoms with Crippen LogP contribution in [0.15, 0.2) is 46.7 Å². The molecule has 2 aliphatic heterocycles. The smallest absolute Gasteiger partial charge is 0.337 e. The first-order valence-electron chi connectivity index (χ1n) is 12.9. The summed E-state index contributed by atoms with van der Waals surface area (Å²) in [7, 11) is -8.26. The summed E-state index contributed by atoms with van der Waals surface area (Å²) in [4.78, 5) is 29.0. The zero-order valence-corrected chi connectivity index (χ0v) is 25.2. The maximum Gasteiger partial charge on any atom is 0.416 e. The van der Waals surface area contributed by atoms with Gasteiger partial charge in [0.05, 0.1) is 21.3 Å². The van der Waals surface area contributed by atoms with Crippen LogP contribution in [-0.4, -0.2) is 76.7 Å². The van der Waals surface area contributed by atoms with Gasteiger partial charge in [0.25, 0.3) is 0 Å². The summed E-state index contributed by atoms with van der Waals surface area (Å²) in [6.45, 7) is 0.0113. The molecule has 0 bridgehead atoms. The number of nitrogens with zero attached hydrogens (tertiary/aromatic N) is 2. The van der Waals surface area contributed by atoms with Crippen LogP contribution in [0, 0.1) is 0 Å². The van der Waals surface area contributed by atoms with Crippen LogP contribution in [-0.2, 0) is 35.8 Å². The van der Waals surface area contributed by atoms with Crippen molar-refractivity contribution in [1.29, 1.82) is 0 Å². The number of hydrogen-bond acceptors (Lipinski definition) is 7. The topological polar surface area (TPSA) is 133 Å². The molecule has 2 amide bonds. The molecule has 4 rings (SSSR count). The summed E-state index contributed by atoms with van der Waals surface area (Å²) < 4.78 is 94.7. The van der Waals surface area contributed by atoms with E-state index in [1.807, 2.05) is 0 Å². The zero-order chi connectivity index (χ0) is 30.7. The molecule has 2 saturated heterocycles. The number of rotatable bonds is 10. The van der Waals surface area contributed by atoms with Gasteiger partial charge in [0.2, 0.25) is 31.9 Å². The Hall–Kier alpha value is -2.50. The van der Waals surface area contributed by atoms with Crippen molar-refractivity contribution in [2.24, 2.45) is 0 Å². The fourth-order valence-corrected chi connectivity index (χ4v) is 7.97. The first-order valence-corrected chi connectivity index (χ1v) is 17.1. The molecular weight excluding hydrogens is 641 g/mol. The molecule has 0 unspecified atom stereocenters. The number of alkyl halides is 3. The lowest BCUT2D eigenvalue weighted by atomic mass is 10.1. The van der Waals surface area contributed by atoms with Crippen LogP contribution < -0.4 is 9.44 Å². The zero-order valence-electron chi connectivity index (χ0n) is 22.0. The number of halogens is 4. The van der Waals surface area contributed by atoms with E-state index in [0.717, 1.165) is 23.6 Å². The van der Waals surface area contributed by atoms with Gasteiger partial charge in [-0.2, -0.15) is 17.9 Å². The van der Waals surface area contributed by atoms with E-state index < -0.39 is 60.6 Å². The highest BCUT2D eigenvalue weighted by Crippen LogP contribution is 2.30. The van der Waals surface area contributed by atoms with Gasteiger partial charge in [-0.15, -0.1) is 11.3 Å². The number of piperidine rings is 1. The molecular formula is C25H28ClF3N4O6S3.